The van der Waals surface area contributed by atoms with Crippen molar-refractivity contribution < 1.29 is 14.6 Å². The molecule has 8 heteroatoms. The number of aliphatic hydroxyl groups excluding tert-OH is 1. The lowest BCUT2D eigenvalue weighted by Crippen LogP contribution is -2.31. The number of rotatable bonds is 7. The predicted molar refractivity (Wildman–Crippen MR) is 99.1 cm³/mol. The van der Waals surface area contributed by atoms with Crippen LogP contribution >= 0.6 is 0 Å². The van der Waals surface area contributed by atoms with Crippen molar-refractivity contribution in [1.82, 2.24) is 9.97 Å². The van der Waals surface area contributed by atoms with E-state index in [4.69, 9.17) is 10.5 Å². The zero-order valence-corrected chi connectivity index (χ0v) is 15.3. The molecule has 1 heterocycles. The predicted octanol–water partition coefficient (Wildman–Crippen LogP) is 1.52. The summed E-state index contributed by atoms with van der Waals surface area (Å²) in [5, 5.41) is 16.0. The lowest BCUT2D eigenvalue weighted by Gasteiger charge is -2.29. The van der Waals surface area contributed by atoms with Crippen molar-refractivity contribution in [2.24, 2.45) is 11.7 Å². The van der Waals surface area contributed by atoms with Gasteiger partial charge in [0.15, 0.2) is 0 Å². The van der Waals surface area contributed by atoms with Crippen LogP contribution in [0.3, 0.4) is 0 Å². The fraction of sp³-hybridized carbons (Fsp3) is 0.722. The van der Waals surface area contributed by atoms with Gasteiger partial charge in [0.1, 0.15) is 5.82 Å². The second-order valence-corrected chi connectivity index (χ2v) is 7.38. The van der Waals surface area contributed by atoms with Crippen LogP contribution in [0.2, 0.25) is 0 Å². The van der Waals surface area contributed by atoms with E-state index in [1.165, 1.54) is 6.20 Å². The summed E-state index contributed by atoms with van der Waals surface area (Å²) in [6, 6.07) is 0.490. The summed E-state index contributed by atoms with van der Waals surface area (Å²) in [6.45, 7) is 0.219. The van der Waals surface area contributed by atoms with Crippen molar-refractivity contribution >= 4 is 17.7 Å². The highest BCUT2D eigenvalue weighted by atomic mass is 16.5. The second kappa shape index (κ2) is 8.64. The average Bonchev–Trinajstić information content (AvgIpc) is 3.10. The third kappa shape index (κ3) is 4.62. The standard InChI is InChI=1S/C18H29N5O3/c1-26-14-6-4-12(5-7-14)21-17-15(16(19)25)9-20-18(23-17)22-13-3-2-11(8-13)10-24/h9,11-14,24H,2-8,10H2,1H3,(H2,19,25)(H2,20,21,22,23)/t11-,12-,13-,14+/m1/s1. The summed E-state index contributed by atoms with van der Waals surface area (Å²) in [6.07, 6.45) is 8.59. The number of hydrogen-bond acceptors (Lipinski definition) is 7. The molecule has 2 aliphatic carbocycles. The topological polar surface area (TPSA) is 122 Å². The largest absolute Gasteiger partial charge is 0.396 e. The first-order valence-electron chi connectivity index (χ1n) is 9.42. The van der Waals surface area contributed by atoms with Gasteiger partial charge >= 0.3 is 0 Å². The van der Waals surface area contributed by atoms with Crippen molar-refractivity contribution in [3.63, 3.8) is 0 Å². The fourth-order valence-corrected chi connectivity index (χ4v) is 3.93. The van der Waals surface area contributed by atoms with Gasteiger partial charge in [-0.3, -0.25) is 4.79 Å². The van der Waals surface area contributed by atoms with Gasteiger partial charge in [-0.05, 0) is 50.9 Å². The van der Waals surface area contributed by atoms with Crippen molar-refractivity contribution in [1.29, 1.82) is 0 Å². The number of primary amides is 1. The van der Waals surface area contributed by atoms with Crippen LogP contribution in [0, 0.1) is 5.92 Å². The molecule has 1 amide bonds. The quantitative estimate of drug-likeness (QED) is 0.579. The molecule has 0 radical (unpaired) electrons. The van der Waals surface area contributed by atoms with E-state index < -0.39 is 5.91 Å². The second-order valence-electron chi connectivity index (χ2n) is 7.38. The molecule has 5 N–H and O–H groups in total. The SMILES string of the molecule is CO[C@H]1CC[C@@H](Nc2nc(N[C@@H]3CC[C@@H](CO)C3)ncc2C(N)=O)CC1. The van der Waals surface area contributed by atoms with Crippen LogP contribution in [0.15, 0.2) is 6.20 Å². The van der Waals surface area contributed by atoms with Gasteiger partial charge in [0, 0.05) is 32.0 Å². The van der Waals surface area contributed by atoms with Gasteiger partial charge in [-0.2, -0.15) is 4.98 Å². The Morgan fingerprint density at radius 2 is 1.96 bits per heavy atom. The number of nitrogens with zero attached hydrogens (tertiary/aromatic N) is 2. The summed E-state index contributed by atoms with van der Waals surface area (Å²) in [7, 11) is 1.75. The fourth-order valence-electron chi connectivity index (χ4n) is 3.93. The number of aromatic nitrogens is 2. The van der Waals surface area contributed by atoms with Crippen LogP contribution in [0.1, 0.15) is 55.3 Å². The highest BCUT2D eigenvalue weighted by molar-refractivity contribution is 5.97. The molecule has 26 heavy (non-hydrogen) atoms. The first-order valence-corrected chi connectivity index (χ1v) is 9.42. The lowest BCUT2D eigenvalue weighted by molar-refractivity contribution is 0.0681. The van der Waals surface area contributed by atoms with Gasteiger partial charge in [-0.25, -0.2) is 4.98 Å². The van der Waals surface area contributed by atoms with E-state index in [9.17, 15) is 9.90 Å². The molecule has 2 fully saturated rings. The highest BCUT2D eigenvalue weighted by Crippen LogP contribution is 2.28. The average molecular weight is 363 g/mol. The number of aliphatic hydroxyl groups is 1. The number of hydrogen-bond donors (Lipinski definition) is 4. The Balaban J connectivity index is 1.67. The zero-order chi connectivity index (χ0) is 18.5. The smallest absolute Gasteiger partial charge is 0.254 e. The first kappa shape index (κ1) is 18.8. The molecule has 2 saturated carbocycles. The summed E-state index contributed by atoms with van der Waals surface area (Å²) in [5.41, 5.74) is 5.80. The van der Waals surface area contributed by atoms with Crippen LogP contribution < -0.4 is 16.4 Å². The number of carbonyl (C=O) groups is 1. The molecule has 0 unspecified atom stereocenters. The van der Waals surface area contributed by atoms with Crippen molar-refractivity contribution in [3.8, 4) is 0 Å². The van der Waals surface area contributed by atoms with E-state index in [0.717, 1.165) is 44.9 Å². The molecule has 2 aliphatic rings. The minimum Gasteiger partial charge on any atom is -0.396 e. The van der Waals surface area contributed by atoms with Gasteiger partial charge in [-0.1, -0.05) is 0 Å². The first-order chi connectivity index (χ1) is 12.6. The van der Waals surface area contributed by atoms with Crippen LogP contribution in [-0.2, 0) is 4.74 Å². The van der Waals surface area contributed by atoms with E-state index in [-0.39, 0.29) is 18.7 Å². The molecule has 3 rings (SSSR count). The highest BCUT2D eigenvalue weighted by Gasteiger charge is 2.26. The van der Waals surface area contributed by atoms with Gasteiger partial charge in [0.2, 0.25) is 5.95 Å². The van der Waals surface area contributed by atoms with Crippen LogP contribution in [0.4, 0.5) is 11.8 Å². The molecule has 0 saturated heterocycles. The summed E-state index contributed by atoms with van der Waals surface area (Å²) < 4.78 is 5.41. The maximum atomic E-state index is 11.7. The Bertz CT molecular complexity index is 619. The molecule has 1 aromatic heterocycles. The molecule has 8 nitrogen and oxygen atoms in total. The number of anilines is 2. The van der Waals surface area contributed by atoms with Crippen molar-refractivity contribution in [3.05, 3.63) is 11.8 Å². The summed E-state index contributed by atoms with van der Waals surface area (Å²) >= 11 is 0. The normalized spacial score (nSPS) is 28.7. The van der Waals surface area contributed by atoms with Gasteiger partial charge in [-0.15, -0.1) is 0 Å². The molecular formula is C18H29N5O3. The molecular weight excluding hydrogens is 334 g/mol. The third-order valence-corrected chi connectivity index (χ3v) is 5.54. The van der Waals surface area contributed by atoms with E-state index in [2.05, 4.69) is 20.6 Å². The third-order valence-electron chi connectivity index (χ3n) is 5.54. The Labute approximate surface area is 153 Å². The summed E-state index contributed by atoms with van der Waals surface area (Å²) in [4.78, 5) is 20.5. The molecule has 0 aliphatic heterocycles. The van der Waals surface area contributed by atoms with Crippen LogP contribution in [-0.4, -0.2) is 52.9 Å². The monoisotopic (exact) mass is 363 g/mol. The number of amides is 1. The number of methoxy groups -OCH3 is 1. The number of ether oxygens (including phenoxy) is 1. The lowest BCUT2D eigenvalue weighted by atomic mass is 9.93. The Morgan fingerprint density at radius 3 is 2.58 bits per heavy atom. The van der Waals surface area contributed by atoms with E-state index >= 15 is 0 Å². The van der Waals surface area contributed by atoms with Crippen molar-refractivity contribution in [2.75, 3.05) is 24.4 Å². The molecule has 144 valence electrons. The van der Waals surface area contributed by atoms with Crippen molar-refractivity contribution in [2.45, 2.75) is 63.1 Å². The van der Waals surface area contributed by atoms with Gasteiger partial charge in [0.05, 0.1) is 11.7 Å². The number of nitrogens with one attached hydrogen (secondary N) is 2. The Hall–Kier alpha value is -1.93. The number of carbonyl (C=O) groups excluding carboxylic acids is 1. The minimum absolute atomic E-state index is 0.219. The molecule has 1 aromatic rings. The zero-order valence-electron chi connectivity index (χ0n) is 15.3. The molecule has 0 spiro atoms. The Morgan fingerprint density at radius 1 is 1.23 bits per heavy atom. The molecule has 0 bridgehead atoms. The maximum absolute atomic E-state index is 11.7. The van der Waals surface area contributed by atoms with E-state index in [1.807, 2.05) is 0 Å². The number of nitrogens with two attached hydrogens (primary N) is 1. The van der Waals surface area contributed by atoms with Gasteiger partial charge < -0.3 is 26.2 Å². The minimum atomic E-state index is -0.536. The van der Waals surface area contributed by atoms with Gasteiger partial charge in [0.25, 0.3) is 5.91 Å². The van der Waals surface area contributed by atoms with Crippen LogP contribution in [0.5, 0.6) is 0 Å². The van der Waals surface area contributed by atoms with E-state index in [1.54, 1.807) is 7.11 Å². The summed E-state index contributed by atoms with van der Waals surface area (Å²) in [5.74, 6) is 0.788. The van der Waals surface area contributed by atoms with Crippen LogP contribution in [0.25, 0.3) is 0 Å². The van der Waals surface area contributed by atoms with E-state index in [0.29, 0.717) is 29.4 Å². The maximum Gasteiger partial charge on any atom is 0.254 e. The molecule has 0 aromatic carbocycles. The Kier molecular flexibility index (Phi) is 6.26. The molecule has 2 atom stereocenters.